The van der Waals surface area contributed by atoms with Crippen molar-refractivity contribution in [1.82, 2.24) is 10.2 Å². The molecule has 3 rings (SSSR count). The lowest BCUT2D eigenvalue weighted by Gasteiger charge is -2.38. The lowest BCUT2D eigenvalue weighted by atomic mass is 10.0. The van der Waals surface area contributed by atoms with E-state index in [0.29, 0.717) is 18.0 Å². The minimum Gasteiger partial charge on any atom is -0.333 e. The predicted octanol–water partition coefficient (Wildman–Crippen LogP) is 2.06. The number of halogens is 1. The zero-order valence-electron chi connectivity index (χ0n) is 13.6. The van der Waals surface area contributed by atoms with E-state index in [-0.39, 0.29) is 30.3 Å². The lowest BCUT2D eigenvalue weighted by Crippen LogP contribution is -2.57. The van der Waals surface area contributed by atoms with Crippen LogP contribution in [0.25, 0.3) is 0 Å². The van der Waals surface area contributed by atoms with E-state index >= 15 is 0 Å². The van der Waals surface area contributed by atoms with Crippen molar-refractivity contribution in [1.29, 1.82) is 0 Å². The maximum absolute atomic E-state index is 12.8. The highest BCUT2D eigenvalue weighted by Gasteiger charge is 2.29. The second kappa shape index (κ2) is 7.32. The van der Waals surface area contributed by atoms with Crippen molar-refractivity contribution in [3.05, 3.63) is 29.8 Å². The van der Waals surface area contributed by atoms with Gasteiger partial charge in [0.2, 0.25) is 5.91 Å². The molecule has 2 atom stereocenters. The summed E-state index contributed by atoms with van der Waals surface area (Å²) in [5.74, 6) is 0.197. The molecule has 2 amide bonds. The topological polar surface area (TPSA) is 52.7 Å². The Morgan fingerprint density at radius 2 is 2.04 bits per heavy atom. The molecule has 1 N–H and O–H groups in total. The van der Waals surface area contributed by atoms with Crippen LogP contribution < -0.4 is 10.2 Å². The predicted molar refractivity (Wildman–Crippen MR) is 93.2 cm³/mol. The Morgan fingerprint density at radius 1 is 1.26 bits per heavy atom. The van der Waals surface area contributed by atoms with Crippen molar-refractivity contribution in [3.8, 4) is 0 Å². The Hall–Kier alpha value is -1.59. The maximum atomic E-state index is 12.8. The fourth-order valence-electron chi connectivity index (χ4n) is 3.24. The molecule has 5 nitrogen and oxygen atoms in total. The zero-order valence-corrected chi connectivity index (χ0v) is 14.4. The van der Waals surface area contributed by atoms with E-state index in [4.69, 9.17) is 0 Å². The first-order chi connectivity index (χ1) is 10.6. The fraction of sp³-hybridized carbons (Fsp3) is 0.529. The second-order valence-corrected chi connectivity index (χ2v) is 6.18. The average molecular weight is 338 g/mol. The number of nitrogens with zero attached hydrogens (tertiary/aromatic N) is 2. The molecule has 6 heteroatoms. The largest absolute Gasteiger partial charge is 0.333 e. The molecule has 2 fully saturated rings. The molecule has 0 aromatic heterocycles. The van der Waals surface area contributed by atoms with Crippen molar-refractivity contribution >= 4 is 29.9 Å². The van der Waals surface area contributed by atoms with Crippen LogP contribution in [0.3, 0.4) is 0 Å². The number of benzene rings is 1. The lowest BCUT2D eigenvalue weighted by molar-refractivity contribution is -0.117. The quantitative estimate of drug-likeness (QED) is 0.898. The normalized spacial score (nSPS) is 24.5. The van der Waals surface area contributed by atoms with Crippen LogP contribution in [0.2, 0.25) is 0 Å². The first kappa shape index (κ1) is 17.8. The SMILES string of the molecule is CC1NCCN(C(=O)c2cccc(N3CCCC3=O)c2)C1C.Cl. The van der Waals surface area contributed by atoms with Crippen molar-refractivity contribution in [2.45, 2.75) is 38.8 Å². The molecule has 2 saturated heterocycles. The highest BCUT2D eigenvalue weighted by molar-refractivity contribution is 5.99. The fourth-order valence-corrected chi connectivity index (χ4v) is 3.24. The number of hydrogen-bond donors (Lipinski definition) is 1. The third kappa shape index (κ3) is 3.51. The number of carbonyl (C=O) groups is 2. The number of amides is 2. The number of hydrogen-bond acceptors (Lipinski definition) is 3. The highest BCUT2D eigenvalue weighted by atomic mass is 35.5. The first-order valence-electron chi connectivity index (χ1n) is 8.02. The van der Waals surface area contributed by atoms with Gasteiger partial charge in [-0.15, -0.1) is 12.4 Å². The van der Waals surface area contributed by atoms with Gasteiger partial charge in [0.25, 0.3) is 5.91 Å². The van der Waals surface area contributed by atoms with Crippen molar-refractivity contribution < 1.29 is 9.59 Å². The van der Waals surface area contributed by atoms with Crippen LogP contribution in [0.1, 0.15) is 37.0 Å². The minimum atomic E-state index is 0. The van der Waals surface area contributed by atoms with E-state index in [2.05, 4.69) is 19.2 Å². The van der Waals surface area contributed by atoms with Gasteiger partial charge in [0.1, 0.15) is 0 Å². The first-order valence-corrected chi connectivity index (χ1v) is 8.02. The van der Waals surface area contributed by atoms with Gasteiger partial charge in [0.05, 0.1) is 0 Å². The van der Waals surface area contributed by atoms with Crippen molar-refractivity contribution in [2.24, 2.45) is 0 Å². The number of anilines is 1. The molecular formula is C17H24ClN3O2. The molecule has 0 saturated carbocycles. The Labute approximate surface area is 143 Å². The van der Waals surface area contributed by atoms with Gasteiger partial charge in [-0.25, -0.2) is 0 Å². The molecule has 0 aliphatic carbocycles. The summed E-state index contributed by atoms with van der Waals surface area (Å²) in [6, 6.07) is 7.92. The molecule has 1 aromatic rings. The van der Waals surface area contributed by atoms with Crippen LogP contribution in [0.5, 0.6) is 0 Å². The van der Waals surface area contributed by atoms with Gasteiger partial charge in [-0.1, -0.05) is 6.07 Å². The van der Waals surface area contributed by atoms with Gasteiger partial charge in [0.15, 0.2) is 0 Å². The van der Waals surface area contributed by atoms with Crippen LogP contribution in [0.15, 0.2) is 24.3 Å². The molecule has 0 spiro atoms. The summed E-state index contributed by atoms with van der Waals surface area (Å²) in [5, 5.41) is 3.38. The van der Waals surface area contributed by atoms with E-state index in [1.165, 1.54) is 0 Å². The second-order valence-electron chi connectivity index (χ2n) is 6.18. The molecule has 126 valence electrons. The zero-order chi connectivity index (χ0) is 15.7. The minimum absolute atomic E-state index is 0. The molecule has 0 radical (unpaired) electrons. The molecule has 2 heterocycles. The molecule has 2 aliphatic rings. The monoisotopic (exact) mass is 337 g/mol. The summed E-state index contributed by atoms with van der Waals surface area (Å²) in [6.07, 6.45) is 1.49. The molecule has 2 aliphatic heterocycles. The summed E-state index contributed by atoms with van der Waals surface area (Å²) in [7, 11) is 0. The Morgan fingerprint density at radius 3 is 2.74 bits per heavy atom. The van der Waals surface area contributed by atoms with Crippen LogP contribution in [-0.2, 0) is 4.79 Å². The van der Waals surface area contributed by atoms with Gasteiger partial charge in [-0.2, -0.15) is 0 Å². The molecule has 1 aromatic carbocycles. The summed E-state index contributed by atoms with van der Waals surface area (Å²) < 4.78 is 0. The van der Waals surface area contributed by atoms with Crippen molar-refractivity contribution in [2.75, 3.05) is 24.5 Å². The van der Waals surface area contributed by atoms with Gasteiger partial charge in [0, 0.05) is 49.4 Å². The number of piperazine rings is 1. The van der Waals surface area contributed by atoms with E-state index in [0.717, 1.165) is 31.7 Å². The standard InChI is InChI=1S/C17H23N3O2.ClH/c1-12-13(2)19(10-8-18-12)17(22)14-5-3-6-15(11-14)20-9-4-7-16(20)21;/h3,5-6,11-13,18H,4,7-10H2,1-2H3;1H. The van der Waals surface area contributed by atoms with Gasteiger partial charge in [-0.3, -0.25) is 9.59 Å². The average Bonchev–Trinajstić information content (AvgIpc) is 2.96. The molecule has 2 unspecified atom stereocenters. The van der Waals surface area contributed by atoms with Gasteiger partial charge < -0.3 is 15.1 Å². The Kier molecular flexibility index (Phi) is 5.65. The van der Waals surface area contributed by atoms with Crippen LogP contribution in [0, 0.1) is 0 Å². The van der Waals surface area contributed by atoms with Crippen LogP contribution in [-0.4, -0.2) is 48.4 Å². The smallest absolute Gasteiger partial charge is 0.254 e. The Bertz CT molecular complexity index is 593. The van der Waals surface area contributed by atoms with Gasteiger partial charge in [-0.05, 0) is 38.5 Å². The summed E-state index contributed by atoms with van der Waals surface area (Å²) in [6.45, 7) is 6.46. The third-order valence-electron chi connectivity index (χ3n) is 4.77. The summed E-state index contributed by atoms with van der Waals surface area (Å²) >= 11 is 0. The number of nitrogens with one attached hydrogen (secondary N) is 1. The summed E-state index contributed by atoms with van der Waals surface area (Å²) in [4.78, 5) is 28.4. The van der Waals surface area contributed by atoms with Crippen LogP contribution in [0.4, 0.5) is 5.69 Å². The van der Waals surface area contributed by atoms with E-state index < -0.39 is 0 Å². The van der Waals surface area contributed by atoms with E-state index in [9.17, 15) is 9.59 Å². The number of carbonyl (C=O) groups excluding carboxylic acids is 2. The van der Waals surface area contributed by atoms with Crippen molar-refractivity contribution in [3.63, 3.8) is 0 Å². The summed E-state index contributed by atoms with van der Waals surface area (Å²) in [5.41, 5.74) is 1.50. The molecule has 23 heavy (non-hydrogen) atoms. The highest BCUT2D eigenvalue weighted by Crippen LogP contribution is 2.23. The van der Waals surface area contributed by atoms with E-state index in [1.807, 2.05) is 29.2 Å². The number of rotatable bonds is 2. The Balaban J connectivity index is 0.00000192. The molecular weight excluding hydrogens is 314 g/mol. The van der Waals surface area contributed by atoms with E-state index in [1.54, 1.807) is 4.90 Å². The molecule has 0 bridgehead atoms. The van der Waals surface area contributed by atoms with Gasteiger partial charge >= 0.3 is 0 Å². The van der Waals surface area contributed by atoms with Crippen LogP contribution >= 0.6 is 12.4 Å². The maximum Gasteiger partial charge on any atom is 0.254 e. The third-order valence-corrected chi connectivity index (χ3v) is 4.77.